The zero-order chi connectivity index (χ0) is 9.84. The van der Waals surface area contributed by atoms with E-state index in [4.69, 9.17) is 4.74 Å². The molecule has 2 atom stereocenters. The number of hydrogen-bond donors (Lipinski definition) is 0. The fourth-order valence-electron chi connectivity index (χ4n) is 1.98. The van der Waals surface area contributed by atoms with Crippen LogP contribution in [-0.4, -0.2) is 37.1 Å². The Kier molecular flexibility index (Phi) is 3.72. The van der Waals surface area contributed by atoms with Crippen molar-refractivity contribution in [3.63, 3.8) is 0 Å². The van der Waals surface area contributed by atoms with Gasteiger partial charge < -0.3 is 9.64 Å². The summed E-state index contributed by atoms with van der Waals surface area (Å²) < 4.78 is 4.84. The molecule has 13 heavy (non-hydrogen) atoms. The molecule has 1 fully saturated rings. The number of piperidine rings is 1. The third kappa shape index (κ3) is 2.69. The highest BCUT2D eigenvalue weighted by atomic mass is 16.5. The molecule has 0 N–H and O–H groups in total. The van der Waals surface area contributed by atoms with Gasteiger partial charge in [-0.15, -0.1) is 0 Å². The number of hydrogen-bond acceptors (Lipinski definition) is 2. The molecule has 0 aromatic rings. The first-order valence-corrected chi connectivity index (χ1v) is 4.93. The fourth-order valence-corrected chi connectivity index (χ4v) is 1.98. The molecule has 3 heteroatoms. The summed E-state index contributed by atoms with van der Waals surface area (Å²) in [7, 11) is 1.56. The molecule has 3 nitrogen and oxygen atoms in total. The minimum Gasteiger partial charge on any atom is -0.375 e. The van der Waals surface area contributed by atoms with Gasteiger partial charge >= 0.3 is 0 Å². The van der Waals surface area contributed by atoms with Crippen molar-refractivity contribution >= 4 is 5.91 Å². The smallest absolute Gasteiger partial charge is 0.248 e. The lowest BCUT2D eigenvalue weighted by Gasteiger charge is -2.36. The van der Waals surface area contributed by atoms with Crippen molar-refractivity contribution in [3.8, 4) is 0 Å². The quantitative estimate of drug-likeness (QED) is 0.648. The Bertz CT molecular complexity index is 182. The number of nitrogens with zero attached hydrogens (tertiary/aromatic N) is 1. The summed E-state index contributed by atoms with van der Waals surface area (Å²) in [5, 5.41) is 0. The summed E-state index contributed by atoms with van der Waals surface area (Å²) in [4.78, 5) is 13.5. The van der Waals surface area contributed by atoms with E-state index in [2.05, 4.69) is 13.8 Å². The lowest BCUT2D eigenvalue weighted by Crippen LogP contribution is -2.45. The van der Waals surface area contributed by atoms with E-state index in [9.17, 15) is 4.79 Å². The topological polar surface area (TPSA) is 29.5 Å². The largest absolute Gasteiger partial charge is 0.375 e. The van der Waals surface area contributed by atoms with Crippen molar-refractivity contribution in [1.82, 2.24) is 4.90 Å². The molecule has 0 aromatic carbocycles. The van der Waals surface area contributed by atoms with Crippen LogP contribution in [0, 0.1) is 5.92 Å². The third-order valence-electron chi connectivity index (χ3n) is 2.73. The SMILES string of the molecule is COCC(=O)N1CCC(C)CC1C. The van der Waals surface area contributed by atoms with Crippen molar-refractivity contribution in [2.24, 2.45) is 5.92 Å². The van der Waals surface area contributed by atoms with Gasteiger partial charge in [0.1, 0.15) is 6.61 Å². The van der Waals surface area contributed by atoms with Gasteiger partial charge in [-0.2, -0.15) is 0 Å². The maximum Gasteiger partial charge on any atom is 0.248 e. The Morgan fingerprint density at radius 3 is 2.77 bits per heavy atom. The molecule has 1 rings (SSSR count). The van der Waals surface area contributed by atoms with Crippen LogP contribution < -0.4 is 0 Å². The summed E-state index contributed by atoms with van der Waals surface area (Å²) in [6.07, 6.45) is 2.25. The van der Waals surface area contributed by atoms with Crippen LogP contribution in [0.25, 0.3) is 0 Å². The van der Waals surface area contributed by atoms with Crippen molar-refractivity contribution in [1.29, 1.82) is 0 Å². The molecule has 76 valence electrons. The summed E-state index contributed by atoms with van der Waals surface area (Å²) in [5.41, 5.74) is 0. The molecule has 0 radical (unpaired) electrons. The second kappa shape index (κ2) is 4.61. The van der Waals surface area contributed by atoms with Crippen LogP contribution in [0.15, 0.2) is 0 Å². The van der Waals surface area contributed by atoms with Crippen molar-refractivity contribution in [3.05, 3.63) is 0 Å². The first kappa shape index (κ1) is 10.5. The van der Waals surface area contributed by atoms with Crippen LogP contribution in [0.4, 0.5) is 0 Å². The average Bonchev–Trinajstić information content (AvgIpc) is 2.04. The van der Waals surface area contributed by atoms with Gasteiger partial charge in [-0.05, 0) is 25.7 Å². The summed E-state index contributed by atoms with van der Waals surface area (Å²) in [6.45, 7) is 5.47. The number of amides is 1. The Balaban J connectivity index is 2.45. The van der Waals surface area contributed by atoms with Gasteiger partial charge in [0.15, 0.2) is 0 Å². The zero-order valence-electron chi connectivity index (χ0n) is 8.75. The number of methoxy groups -OCH3 is 1. The van der Waals surface area contributed by atoms with Crippen molar-refractivity contribution < 1.29 is 9.53 Å². The molecule has 1 amide bonds. The van der Waals surface area contributed by atoms with E-state index in [0.29, 0.717) is 6.04 Å². The van der Waals surface area contributed by atoms with Crippen molar-refractivity contribution in [2.45, 2.75) is 32.7 Å². The summed E-state index contributed by atoms with van der Waals surface area (Å²) in [5.74, 6) is 0.878. The van der Waals surface area contributed by atoms with E-state index in [-0.39, 0.29) is 12.5 Å². The predicted octanol–water partition coefficient (Wildman–Crippen LogP) is 1.28. The van der Waals surface area contributed by atoms with Gasteiger partial charge in [-0.25, -0.2) is 0 Å². The molecule has 1 aliphatic heterocycles. The number of ether oxygens (including phenoxy) is 1. The Labute approximate surface area is 80.1 Å². The van der Waals surface area contributed by atoms with E-state index in [1.165, 1.54) is 0 Å². The molecule has 1 heterocycles. The van der Waals surface area contributed by atoms with Crippen molar-refractivity contribution in [2.75, 3.05) is 20.3 Å². The van der Waals surface area contributed by atoms with Gasteiger partial charge in [-0.3, -0.25) is 4.79 Å². The Morgan fingerprint density at radius 2 is 2.23 bits per heavy atom. The highest BCUT2D eigenvalue weighted by molar-refractivity contribution is 5.77. The molecule has 0 spiro atoms. The van der Waals surface area contributed by atoms with Gasteiger partial charge in [0.25, 0.3) is 0 Å². The normalized spacial score (nSPS) is 29.0. The molecule has 0 aromatic heterocycles. The van der Waals surface area contributed by atoms with Crippen LogP contribution in [0.3, 0.4) is 0 Å². The first-order chi connectivity index (χ1) is 6.15. The zero-order valence-corrected chi connectivity index (χ0v) is 8.75. The van der Waals surface area contributed by atoms with Gasteiger partial charge in [0, 0.05) is 19.7 Å². The van der Waals surface area contributed by atoms with E-state index in [0.717, 1.165) is 25.3 Å². The van der Waals surface area contributed by atoms with E-state index >= 15 is 0 Å². The van der Waals surface area contributed by atoms with Crippen LogP contribution in [-0.2, 0) is 9.53 Å². The predicted molar refractivity (Wildman–Crippen MR) is 51.4 cm³/mol. The van der Waals surface area contributed by atoms with Gasteiger partial charge in [0.2, 0.25) is 5.91 Å². The van der Waals surface area contributed by atoms with Crippen LogP contribution >= 0.6 is 0 Å². The Hall–Kier alpha value is -0.570. The highest BCUT2D eigenvalue weighted by Gasteiger charge is 2.26. The highest BCUT2D eigenvalue weighted by Crippen LogP contribution is 2.21. The van der Waals surface area contributed by atoms with E-state index in [1.54, 1.807) is 7.11 Å². The first-order valence-electron chi connectivity index (χ1n) is 4.93. The lowest BCUT2D eigenvalue weighted by molar-refractivity contribution is -0.139. The molecular weight excluding hydrogens is 166 g/mol. The number of rotatable bonds is 2. The summed E-state index contributed by atoms with van der Waals surface area (Å²) in [6, 6.07) is 0.381. The standard InChI is InChI=1S/C10H19NO2/c1-8-4-5-11(9(2)6-8)10(12)7-13-3/h8-9H,4-7H2,1-3H3. The van der Waals surface area contributed by atoms with E-state index < -0.39 is 0 Å². The number of likely N-dealkylation sites (tertiary alicyclic amines) is 1. The maximum absolute atomic E-state index is 11.5. The third-order valence-corrected chi connectivity index (χ3v) is 2.73. The van der Waals surface area contributed by atoms with E-state index in [1.807, 2.05) is 4.90 Å². The molecule has 0 aliphatic carbocycles. The monoisotopic (exact) mass is 185 g/mol. The fraction of sp³-hybridized carbons (Fsp3) is 0.900. The lowest BCUT2D eigenvalue weighted by atomic mass is 9.93. The second-order valence-electron chi connectivity index (χ2n) is 4.00. The van der Waals surface area contributed by atoms with Crippen LogP contribution in [0.5, 0.6) is 0 Å². The molecule has 0 bridgehead atoms. The number of carbonyl (C=O) groups is 1. The van der Waals surface area contributed by atoms with Gasteiger partial charge in [-0.1, -0.05) is 6.92 Å². The van der Waals surface area contributed by atoms with Crippen LogP contribution in [0.1, 0.15) is 26.7 Å². The molecular formula is C10H19NO2. The Morgan fingerprint density at radius 1 is 1.54 bits per heavy atom. The number of carbonyl (C=O) groups excluding carboxylic acids is 1. The average molecular weight is 185 g/mol. The minimum absolute atomic E-state index is 0.127. The molecule has 0 saturated carbocycles. The minimum atomic E-state index is 0.127. The summed E-state index contributed by atoms with van der Waals surface area (Å²) >= 11 is 0. The maximum atomic E-state index is 11.5. The van der Waals surface area contributed by atoms with Crippen LogP contribution in [0.2, 0.25) is 0 Å². The molecule has 1 saturated heterocycles. The molecule has 2 unspecified atom stereocenters. The molecule has 1 aliphatic rings. The second-order valence-corrected chi connectivity index (χ2v) is 4.00. The van der Waals surface area contributed by atoms with Gasteiger partial charge in [0.05, 0.1) is 0 Å².